The molecule has 10 nitrogen and oxygen atoms in total. The summed E-state index contributed by atoms with van der Waals surface area (Å²) in [7, 11) is 6.55. The Kier molecular flexibility index (Phi) is 5.84. The van der Waals surface area contributed by atoms with Gasteiger partial charge in [0.05, 0.1) is 27.4 Å². The second-order valence-corrected chi connectivity index (χ2v) is 8.52. The van der Waals surface area contributed by atoms with E-state index in [1.165, 1.54) is 21.1 Å². The van der Waals surface area contributed by atoms with Crippen LogP contribution in [0.2, 0.25) is 0 Å². The van der Waals surface area contributed by atoms with Crippen molar-refractivity contribution in [3.63, 3.8) is 0 Å². The summed E-state index contributed by atoms with van der Waals surface area (Å²) in [5, 5.41) is 0. The first-order chi connectivity index (χ1) is 16.9. The Labute approximate surface area is 202 Å². The molecule has 0 radical (unpaired) electrons. The SMILES string of the molecule is COc1ccc2c(c1OC)C(=O)O[C@@H]2[C@H]1c2c(c(COC(C)=O)c3c(c2OC)OCO3)CCN1C. The van der Waals surface area contributed by atoms with Crippen LogP contribution in [0, 0.1) is 0 Å². The summed E-state index contributed by atoms with van der Waals surface area (Å²) >= 11 is 0. The van der Waals surface area contributed by atoms with Crippen LogP contribution >= 0.6 is 0 Å². The number of carbonyl (C=O) groups excluding carboxylic acids is 2. The van der Waals surface area contributed by atoms with E-state index in [0.29, 0.717) is 52.8 Å². The number of rotatable bonds is 6. The van der Waals surface area contributed by atoms with Crippen LogP contribution in [0.4, 0.5) is 0 Å². The van der Waals surface area contributed by atoms with Crippen LogP contribution in [-0.4, -0.2) is 58.6 Å². The Morgan fingerprint density at radius 1 is 1.09 bits per heavy atom. The summed E-state index contributed by atoms with van der Waals surface area (Å²) in [4.78, 5) is 26.8. The molecule has 0 amide bonds. The molecule has 10 heteroatoms. The maximum absolute atomic E-state index is 13.1. The fourth-order valence-corrected chi connectivity index (χ4v) is 5.25. The van der Waals surface area contributed by atoms with Gasteiger partial charge in [-0.25, -0.2) is 4.79 Å². The zero-order valence-corrected chi connectivity index (χ0v) is 20.3. The van der Waals surface area contributed by atoms with Crippen LogP contribution in [0.25, 0.3) is 0 Å². The molecule has 5 rings (SSSR count). The van der Waals surface area contributed by atoms with E-state index < -0.39 is 24.1 Å². The van der Waals surface area contributed by atoms with Crippen molar-refractivity contribution >= 4 is 11.9 Å². The predicted molar refractivity (Wildman–Crippen MR) is 121 cm³/mol. The van der Waals surface area contributed by atoms with E-state index in [4.69, 9.17) is 33.2 Å². The molecule has 3 heterocycles. The highest BCUT2D eigenvalue weighted by molar-refractivity contribution is 5.98. The number of methoxy groups -OCH3 is 3. The van der Waals surface area contributed by atoms with Crippen molar-refractivity contribution in [2.45, 2.75) is 32.1 Å². The van der Waals surface area contributed by atoms with Crippen molar-refractivity contribution in [1.82, 2.24) is 4.90 Å². The number of hydrogen-bond donors (Lipinski definition) is 0. The number of fused-ring (bicyclic) bond motifs is 3. The molecule has 0 bridgehead atoms. The molecule has 0 aliphatic carbocycles. The van der Waals surface area contributed by atoms with E-state index >= 15 is 0 Å². The minimum Gasteiger partial charge on any atom is -0.493 e. The largest absolute Gasteiger partial charge is 0.493 e. The molecule has 3 aliphatic heterocycles. The third-order valence-corrected chi connectivity index (χ3v) is 6.75. The fraction of sp³-hybridized carbons (Fsp3) is 0.440. The molecule has 2 atom stereocenters. The minimum absolute atomic E-state index is 0.0282. The van der Waals surface area contributed by atoms with Crippen molar-refractivity contribution in [2.75, 3.05) is 41.7 Å². The van der Waals surface area contributed by atoms with Gasteiger partial charge >= 0.3 is 11.9 Å². The Hall–Kier alpha value is -3.66. The van der Waals surface area contributed by atoms with Gasteiger partial charge < -0.3 is 33.2 Å². The lowest BCUT2D eigenvalue weighted by Gasteiger charge is -2.39. The Bertz CT molecular complexity index is 1210. The van der Waals surface area contributed by atoms with Gasteiger partial charge in [-0.1, -0.05) is 6.07 Å². The Morgan fingerprint density at radius 2 is 1.83 bits per heavy atom. The summed E-state index contributed by atoms with van der Waals surface area (Å²) in [6.45, 7) is 2.10. The number of likely N-dealkylation sites (N-methyl/N-ethyl adjacent to an activating group) is 1. The van der Waals surface area contributed by atoms with Gasteiger partial charge in [-0.15, -0.1) is 0 Å². The number of hydrogen-bond acceptors (Lipinski definition) is 10. The first kappa shape index (κ1) is 23.1. The molecule has 0 unspecified atom stereocenters. The topological polar surface area (TPSA) is 102 Å². The molecule has 0 N–H and O–H groups in total. The summed E-state index contributed by atoms with van der Waals surface area (Å²) in [5.41, 5.74) is 3.52. The molecule has 0 saturated carbocycles. The van der Waals surface area contributed by atoms with Crippen LogP contribution in [0.15, 0.2) is 12.1 Å². The van der Waals surface area contributed by atoms with Crippen molar-refractivity contribution in [2.24, 2.45) is 0 Å². The van der Waals surface area contributed by atoms with Crippen LogP contribution in [0.3, 0.4) is 0 Å². The van der Waals surface area contributed by atoms with Crippen molar-refractivity contribution in [3.8, 4) is 28.7 Å². The predicted octanol–water partition coefficient (Wildman–Crippen LogP) is 2.94. The maximum atomic E-state index is 13.1. The summed E-state index contributed by atoms with van der Waals surface area (Å²) in [6, 6.07) is 3.19. The average Bonchev–Trinajstić information content (AvgIpc) is 3.46. The van der Waals surface area contributed by atoms with Gasteiger partial charge in [-0.3, -0.25) is 9.69 Å². The molecule has 0 spiro atoms. The lowest BCUT2D eigenvalue weighted by molar-refractivity contribution is -0.142. The first-order valence-corrected chi connectivity index (χ1v) is 11.2. The van der Waals surface area contributed by atoms with Crippen molar-refractivity contribution in [1.29, 1.82) is 0 Å². The molecule has 2 aromatic rings. The lowest BCUT2D eigenvalue weighted by atomic mass is 9.83. The van der Waals surface area contributed by atoms with E-state index in [2.05, 4.69) is 4.90 Å². The number of benzene rings is 2. The zero-order chi connectivity index (χ0) is 24.9. The van der Waals surface area contributed by atoms with E-state index in [9.17, 15) is 9.59 Å². The standard InChI is InChI=1S/C25H27NO9/c1-12(27)32-10-15-13-8-9-26(2)19(17(13)23(31-5)24-21(15)33-11-34-24)20-14-6-7-16(29-3)22(30-4)18(14)25(28)35-20/h6-7,19-20H,8-11H2,1-5H3/t19-,20+/m1/s1. The quantitative estimate of drug-likeness (QED) is 0.568. The third kappa shape index (κ3) is 3.51. The van der Waals surface area contributed by atoms with Crippen LogP contribution in [0.5, 0.6) is 28.7 Å². The third-order valence-electron chi connectivity index (χ3n) is 6.75. The molecule has 186 valence electrons. The second kappa shape index (κ2) is 8.84. The van der Waals surface area contributed by atoms with Crippen LogP contribution in [-0.2, 0) is 27.3 Å². The van der Waals surface area contributed by atoms with Gasteiger partial charge in [-0.2, -0.15) is 0 Å². The zero-order valence-electron chi connectivity index (χ0n) is 20.3. The van der Waals surface area contributed by atoms with Crippen molar-refractivity contribution in [3.05, 3.63) is 39.9 Å². The number of cyclic esters (lactones) is 1. The van der Waals surface area contributed by atoms with E-state index in [1.807, 2.05) is 13.1 Å². The number of carbonyl (C=O) groups is 2. The van der Waals surface area contributed by atoms with E-state index in [1.54, 1.807) is 13.2 Å². The fourth-order valence-electron chi connectivity index (χ4n) is 5.25. The summed E-state index contributed by atoms with van der Waals surface area (Å²) in [6.07, 6.45) is 0.0166. The second-order valence-electron chi connectivity index (χ2n) is 8.52. The maximum Gasteiger partial charge on any atom is 0.343 e. The normalized spacial score (nSPS) is 20.1. The van der Waals surface area contributed by atoms with Gasteiger partial charge in [0.25, 0.3) is 0 Å². The Balaban J connectivity index is 1.70. The van der Waals surface area contributed by atoms with E-state index in [-0.39, 0.29) is 13.4 Å². The summed E-state index contributed by atoms with van der Waals surface area (Å²) < 4.78 is 39.6. The van der Waals surface area contributed by atoms with Gasteiger partial charge in [0, 0.05) is 30.2 Å². The molecular weight excluding hydrogens is 458 g/mol. The lowest BCUT2D eigenvalue weighted by Crippen LogP contribution is -2.37. The van der Waals surface area contributed by atoms with Gasteiger partial charge in [-0.05, 0) is 25.1 Å². The smallest absolute Gasteiger partial charge is 0.343 e. The van der Waals surface area contributed by atoms with Gasteiger partial charge in [0.1, 0.15) is 18.3 Å². The number of esters is 2. The molecule has 35 heavy (non-hydrogen) atoms. The van der Waals surface area contributed by atoms with Crippen LogP contribution in [0.1, 0.15) is 51.7 Å². The molecule has 0 saturated heterocycles. The highest BCUT2D eigenvalue weighted by atomic mass is 16.7. The number of nitrogens with zero attached hydrogens (tertiary/aromatic N) is 1. The van der Waals surface area contributed by atoms with Crippen LogP contribution < -0.4 is 23.7 Å². The molecule has 0 fully saturated rings. The molecule has 3 aliphatic rings. The minimum atomic E-state index is -0.641. The highest BCUT2D eigenvalue weighted by Gasteiger charge is 2.47. The van der Waals surface area contributed by atoms with E-state index in [0.717, 1.165) is 16.7 Å². The molecular formula is C25H27NO9. The van der Waals surface area contributed by atoms with Crippen molar-refractivity contribution < 1.29 is 42.7 Å². The van der Waals surface area contributed by atoms with Gasteiger partial charge in [0.15, 0.2) is 23.0 Å². The monoisotopic (exact) mass is 485 g/mol. The molecule has 2 aromatic carbocycles. The number of ether oxygens (including phenoxy) is 7. The average molecular weight is 485 g/mol. The highest BCUT2D eigenvalue weighted by Crippen LogP contribution is 2.57. The van der Waals surface area contributed by atoms with Gasteiger partial charge in [0.2, 0.25) is 12.5 Å². The first-order valence-electron chi connectivity index (χ1n) is 11.2. The Morgan fingerprint density at radius 3 is 2.51 bits per heavy atom. The summed E-state index contributed by atoms with van der Waals surface area (Å²) in [5.74, 6) is 1.38. The molecule has 0 aromatic heterocycles.